The fraction of sp³-hybridized carbons (Fsp3) is 0.684. The van der Waals surface area contributed by atoms with Gasteiger partial charge in [-0.2, -0.15) is 0 Å². The van der Waals surface area contributed by atoms with Crippen LogP contribution < -0.4 is 15.4 Å². The molecule has 2 N–H and O–H groups in total. The summed E-state index contributed by atoms with van der Waals surface area (Å²) in [6, 6.07) is 3.95. The van der Waals surface area contributed by atoms with Crippen LogP contribution in [0.2, 0.25) is 0 Å². The Bertz CT molecular complexity index is 486. The van der Waals surface area contributed by atoms with Gasteiger partial charge in [0.05, 0.1) is 6.61 Å². The number of aromatic nitrogens is 1. The lowest BCUT2D eigenvalue weighted by Crippen LogP contribution is -2.37. The summed E-state index contributed by atoms with van der Waals surface area (Å²) in [5, 5.41) is 6.61. The van der Waals surface area contributed by atoms with Crippen LogP contribution in [0.3, 0.4) is 0 Å². The molecular formula is C19H35IN4O2. The fourth-order valence-electron chi connectivity index (χ4n) is 2.13. The van der Waals surface area contributed by atoms with Crippen LogP contribution in [0.5, 0.6) is 5.88 Å². The molecule has 1 rings (SSSR count). The minimum Gasteiger partial charge on any atom is -0.477 e. The summed E-state index contributed by atoms with van der Waals surface area (Å²) in [6.45, 7) is 8.11. The normalized spacial score (nSPS) is 11.0. The number of hydrogen-bond donors (Lipinski definition) is 2. The lowest BCUT2D eigenvalue weighted by molar-refractivity contribution is 0.129. The van der Waals surface area contributed by atoms with Gasteiger partial charge in [0, 0.05) is 45.1 Å². The highest BCUT2D eigenvalue weighted by atomic mass is 127. The van der Waals surface area contributed by atoms with Crippen molar-refractivity contribution in [2.24, 2.45) is 4.99 Å². The number of aliphatic imine (C=N–C) groups is 1. The summed E-state index contributed by atoms with van der Waals surface area (Å²) in [5.74, 6) is 1.47. The topological polar surface area (TPSA) is 67.8 Å². The predicted molar refractivity (Wildman–Crippen MR) is 119 cm³/mol. The fourth-order valence-corrected chi connectivity index (χ4v) is 2.13. The van der Waals surface area contributed by atoms with E-state index in [9.17, 15) is 0 Å². The Kier molecular flexibility index (Phi) is 16.6. The van der Waals surface area contributed by atoms with Crippen LogP contribution in [-0.4, -0.2) is 44.4 Å². The Balaban J connectivity index is 0.00000625. The average molecular weight is 478 g/mol. The molecule has 0 aliphatic heterocycles. The summed E-state index contributed by atoms with van der Waals surface area (Å²) in [5.41, 5.74) is 1.03. The lowest BCUT2D eigenvalue weighted by Gasteiger charge is -2.14. The molecule has 0 radical (unpaired) electrons. The van der Waals surface area contributed by atoms with Gasteiger partial charge in [-0.05, 0) is 25.3 Å². The van der Waals surface area contributed by atoms with Gasteiger partial charge in [-0.1, -0.05) is 32.8 Å². The molecule has 0 atom stereocenters. The van der Waals surface area contributed by atoms with Crippen LogP contribution >= 0.6 is 24.0 Å². The van der Waals surface area contributed by atoms with Crippen LogP contribution in [0.15, 0.2) is 23.3 Å². The zero-order chi connectivity index (χ0) is 18.2. The minimum atomic E-state index is 0. The second-order valence-corrected chi connectivity index (χ2v) is 5.84. The number of hydrogen-bond acceptors (Lipinski definition) is 4. The Morgan fingerprint density at radius 3 is 2.54 bits per heavy atom. The van der Waals surface area contributed by atoms with Crippen LogP contribution in [0.1, 0.15) is 51.5 Å². The van der Waals surface area contributed by atoms with Crippen LogP contribution in [0.4, 0.5) is 0 Å². The Hall–Kier alpha value is -1.09. The molecule has 1 aromatic rings. The molecule has 6 nitrogen and oxygen atoms in total. The van der Waals surface area contributed by atoms with E-state index in [0.29, 0.717) is 19.0 Å². The van der Waals surface area contributed by atoms with E-state index in [0.717, 1.165) is 57.0 Å². The highest BCUT2D eigenvalue weighted by Gasteiger charge is 2.05. The first-order valence-electron chi connectivity index (χ1n) is 9.40. The minimum absolute atomic E-state index is 0. The molecule has 0 spiro atoms. The van der Waals surface area contributed by atoms with Crippen LogP contribution in [0.25, 0.3) is 0 Å². The SMILES string of the molecule is CCCCOCCCNC(=NC)NCc1cccnc1OCCCC.I. The number of rotatable bonds is 13. The molecule has 150 valence electrons. The van der Waals surface area contributed by atoms with Crippen molar-refractivity contribution in [3.8, 4) is 5.88 Å². The smallest absolute Gasteiger partial charge is 0.218 e. The van der Waals surface area contributed by atoms with Crippen molar-refractivity contribution in [3.63, 3.8) is 0 Å². The predicted octanol–water partition coefficient (Wildman–Crippen LogP) is 3.75. The van der Waals surface area contributed by atoms with Gasteiger partial charge in [0.2, 0.25) is 5.88 Å². The number of nitrogens with zero attached hydrogens (tertiary/aromatic N) is 2. The van der Waals surface area contributed by atoms with Crippen LogP contribution in [0, 0.1) is 0 Å². The van der Waals surface area contributed by atoms with E-state index in [4.69, 9.17) is 9.47 Å². The van der Waals surface area contributed by atoms with Crippen molar-refractivity contribution in [2.75, 3.05) is 33.4 Å². The molecule has 26 heavy (non-hydrogen) atoms. The molecule has 0 amide bonds. The van der Waals surface area contributed by atoms with Gasteiger partial charge in [0.15, 0.2) is 5.96 Å². The molecular weight excluding hydrogens is 443 g/mol. The van der Waals surface area contributed by atoms with Crippen molar-refractivity contribution in [3.05, 3.63) is 23.9 Å². The summed E-state index contributed by atoms with van der Waals surface area (Å²) in [6.07, 6.45) is 7.17. The molecule has 0 aromatic carbocycles. The number of unbranched alkanes of at least 4 members (excludes halogenated alkanes) is 2. The van der Waals surface area contributed by atoms with E-state index in [1.165, 1.54) is 6.42 Å². The Morgan fingerprint density at radius 1 is 1.08 bits per heavy atom. The van der Waals surface area contributed by atoms with Gasteiger partial charge in [0.1, 0.15) is 0 Å². The second kappa shape index (κ2) is 17.3. The van der Waals surface area contributed by atoms with Crippen molar-refractivity contribution in [1.29, 1.82) is 0 Å². The zero-order valence-corrected chi connectivity index (χ0v) is 18.8. The number of ether oxygens (including phenoxy) is 2. The van der Waals surface area contributed by atoms with Crippen molar-refractivity contribution < 1.29 is 9.47 Å². The number of nitrogens with one attached hydrogen (secondary N) is 2. The maximum atomic E-state index is 5.76. The molecule has 1 aromatic heterocycles. The van der Waals surface area contributed by atoms with E-state index in [1.54, 1.807) is 13.2 Å². The maximum absolute atomic E-state index is 5.76. The average Bonchev–Trinajstić information content (AvgIpc) is 2.64. The molecule has 1 heterocycles. The quantitative estimate of drug-likeness (QED) is 0.196. The van der Waals surface area contributed by atoms with Crippen molar-refractivity contribution in [1.82, 2.24) is 15.6 Å². The third-order valence-corrected chi connectivity index (χ3v) is 3.66. The number of guanidine groups is 1. The molecule has 7 heteroatoms. The summed E-state index contributed by atoms with van der Waals surface area (Å²) < 4.78 is 11.3. The standard InChI is InChI=1S/C19H34N4O2.HI/c1-4-6-13-24-14-9-12-22-19(20-3)23-16-17-10-8-11-21-18(17)25-15-7-5-2;/h8,10-11H,4-7,9,12-16H2,1-3H3,(H2,20,22,23);1H. The Morgan fingerprint density at radius 2 is 1.81 bits per heavy atom. The van der Waals surface area contributed by atoms with Gasteiger partial charge in [-0.3, -0.25) is 4.99 Å². The molecule has 0 aliphatic rings. The summed E-state index contributed by atoms with van der Waals surface area (Å²) in [4.78, 5) is 8.57. The van der Waals surface area contributed by atoms with Gasteiger partial charge < -0.3 is 20.1 Å². The van der Waals surface area contributed by atoms with E-state index in [2.05, 4.69) is 34.5 Å². The van der Waals surface area contributed by atoms with Crippen molar-refractivity contribution in [2.45, 2.75) is 52.5 Å². The number of halogens is 1. The van der Waals surface area contributed by atoms with E-state index >= 15 is 0 Å². The molecule has 0 fully saturated rings. The molecule has 0 unspecified atom stereocenters. The lowest BCUT2D eigenvalue weighted by atomic mass is 10.2. The zero-order valence-electron chi connectivity index (χ0n) is 16.4. The van der Waals surface area contributed by atoms with Gasteiger partial charge in [0.25, 0.3) is 0 Å². The summed E-state index contributed by atoms with van der Waals surface area (Å²) >= 11 is 0. The first-order valence-corrected chi connectivity index (χ1v) is 9.40. The summed E-state index contributed by atoms with van der Waals surface area (Å²) in [7, 11) is 1.77. The third kappa shape index (κ3) is 11.5. The van der Waals surface area contributed by atoms with Crippen LogP contribution in [-0.2, 0) is 11.3 Å². The molecule has 0 saturated carbocycles. The van der Waals surface area contributed by atoms with E-state index in [1.807, 2.05) is 12.1 Å². The third-order valence-electron chi connectivity index (χ3n) is 3.66. The first-order chi connectivity index (χ1) is 12.3. The maximum Gasteiger partial charge on any atom is 0.218 e. The van der Waals surface area contributed by atoms with E-state index in [-0.39, 0.29) is 24.0 Å². The molecule has 0 bridgehead atoms. The Labute approximate surface area is 175 Å². The number of pyridine rings is 1. The van der Waals surface area contributed by atoms with Gasteiger partial charge in [-0.15, -0.1) is 24.0 Å². The molecule has 0 aliphatic carbocycles. The van der Waals surface area contributed by atoms with Crippen molar-refractivity contribution >= 4 is 29.9 Å². The van der Waals surface area contributed by atoms with E-state index < -0.39 is 0 Å². The van der Waals surface area contributed by atoms with Gasteiger partial charge >= 0.3 is 0 Å². The highest BCUT2D eigenvalue weighted by molar-refractivity contribution is 14.0. The van der Waals surface area contributed by atoms with Gasteiger partial charge in [-0.25, -0.2) is 4.98 Å². The largest absolute Gasteiger partial charge is 0.477 e. The first kappa shape index (κ1) is 24.9. The highest BCUT2D eigenvalue weighted by Crippen LogP contribution is 2.14. The molecule has 0 saturated heterocycles. The second-order valence-electron chi connectivity index (χ2n) is 5.84. The monoisotopic (exact) mass is 478 g/mol.